The van der Waals surface area contributed by atoms with Gasteiger partial charge >= 0.3 is 0 Å². The number of hydrogen-bond donors (Lipinski definition) is 0. The molecule has 8 nitrogen and oxygen atoms in total. The van der Waals surface area contributed by atoms with Crippen molar-refractivity contribution in [1.82, 2.24) is 0 Å². The number of ether oxygens (including phenoxy) is 8. The van der Waals surface area contributed by atoms with E-state index < -0.39 is 0 Å². The first-order valence-corrected chi connectivity index (χ1v) is 12.4. The summed E-state index contributed by atoms with van der Waals surface area (Å²) in [5.74, 6) is 4.79. The van der Waals surface area contributed by atoms with E-state index in [0.717, 1.165) is 22.0 Å². The average molecular weight is 586 g/mol. The largest absolute Gasteiger partial charge is 0.493 e. The molecule has 0 N–H and O–H groups in total. The van der Waals surface area contributed by atoms with Crippen LogP contribution in [-0.2, 0) is 6.42 Å². The average Bonchev–Trinajstić information content (AvgIpc) is 2.93. The SMILES string of the molecule is C=CCBr.C=CCc1c(C)c(OC)c(OC)c(OC)c1OC.COc1cc(C)c(OC)c(OC)c1OC. The first-order valence-electron chi connectivity index (χ1n) is 11.2. The predicted octanol–water partition coefficient (Wildman–Crippen LogP) is 6.35. The molecule has 0 spiro atoms. The summed E-state index contributed by atoms with van der Waals surface area (Å²) in [7, 11) is 12.7. The molecule has 0 heterocycles. The molecule has 2 aromatic rings. The molecule has 0 radical (unpaired) electrons. The molecular weight excluding hydrogens is 544 g/mol. The first kappa shape index (κ1) is 33.8. The van der Waals surface area contributed by atoms with Gasteiger partial charge in [-0.2, -0.15) is 0 Å². The molecule has 0 aromatic heterocycles. The van der Waals surface area contributed by atoms with Crippen LogP contribution in [-0.4, -0.2) is 62.2 Å². The molecule has 0 unspecified atom stereocenters. The second kappa shape index (κ2) is 18.1. The van der Waals surface area contributed by atoms with Gasteiger partial charge < -0.3 is 37.9 Å². The van der Waals surface area contributed by atoms with Crippen molar-refractivity contribution in [2.24, 2.45) is 0 Å². The van der Waals surface area contributed by atoms with Crippen molar-refractivity contribution < 1.29 is 37.9 Å². The van der Waals surface area contributed by atoms with Crippen LogP contribution in [0.5, 0.6) is 46.0 Å². The minimum absolute atomic E-state index is 0.541. The zero-order valence-corrected chi connectivity index (χ0v) is 25.3. The van der Waals surface area contributed by atoms with Crippen LogP contribution in [0.2, 0.25) is 0 Å². The Morgan fingerprint density at radius 3 is 1.35 bits per heavy atom. The number of rotatable bonds is 11. The molecule has 2 rings (SSSR count). The fraction of sp³-hybridized carbons (Fsp3) is 0.429. The molecule has 0 aliphatic rings. The lowest BCUT2D eigenvalue weighted by molar-refractivity contribution is 0.302. The monoisotopic (exact) mass is 584 g/mol. The topological polar surface area (TPSA) is 73.8 Å². The Morgan fingerprint density at radius 2 is 1.00 bits per heavy atom. The maximum absolute atomic E-state index is 5.43. The highest BCUT2D eigenvalue weighted by Crippen LogP contribution is 2.49. The zero-order chi connectivity index (χ0) is 28.5. The third-order valence-electron chi connectivity index (χ3n) is 5.13. The third-order valence-corrected chi connectivity index (χ3v) is 5.59. The quantitative estimate of drug-likeness (QED) is 0.223. The van der Waals surface area contributed by atoms with Crippen molar-refractivity contribution in [3.63, 3.8) is 0 Å². The maximum Gasteiger partial charge on any atom is 0.207 e. The molecule has 0 amide bonds. The molecule has 208 valence electrons. The fourth-order valence-corrected chi connectivity index (χ4v) is 3.55. The van der Waals surface area contributed by atoms with Crippen molar-refractivity contribution in [2.75, 3.05) is 62.2 Å². The lowest BCUT2D eigenvalue weighted by Gasteiger charge is -2.20. The summed E-state index contributed by atoms with van der Waals surface area (Å²) in [6.07, 6.45) is 4.28. The van der Waals surface area contributed by atoms with Gasteiger partial charge in [0.05, 0.1) is 56.9 Å². The summed E-state index contributed by atoms with van der Waals surface area (Å²) >= 11 is 3.13. The predicted molar refractivity (Wildman–Crippen MR) is 153 cm³/mol. The highest BCUT2D eigenvalue weighted by molar-refractivity contribution is 9.09. The number of benzene rings is 2. The van der Waals surface area contributed by atoms with E-state index in [0.29, 0.717) is 52.4 Å². The second-order valence-corrected chi connectivity index (χ2v) is 7.82. The highest BCUT2D eigenvalue weighted by atomic mass is 79.9. The van der Waals surface area contributed by atoms with E-state index in [1.165, 1.54) is 0 Å². The van der Waals surface area contributed by atoms with Gasteiger partial charge in [0.2, 0.25) is 23.0 Å². The summed E-state index contributed by atoms with van der Waals surface area (Å²) in [5.41, 5.74) is 2.89. The third kappa shape index (κ3) is 8.42. The van der Waals surface area contributed by atoms with Crippen LogP contribution in [0.25, 0.3) is 0 Å². The Hall–Kier alpha value is -3.20. The molecule has 0 aliphatic heterocycles. The van der Waals surface area contributed by atoms with Gasteiger partial charge in [0.15, 0.2) is 23.0 Å². The van der Waals surface area contributed by atoms with E-state index in [1.807, 2.05) is 26.0 Å². The van der Waals surface area contributed by atoms with Gasteiger partial charge in [-0.1, -0.05) is 28.1 Å². The summed E-state index contributed by atoms with van der Waals surface area (Å²) in [4.78, 5) is 0. The van der Waals surface area contributed by atoms with E-state index in [9.17, 15) is 0 Å². The molecule has 0 bridgehead atoms. The normalized spacial score (nSPS) is 9.38. The Kier molecular flexibility index (Phi) is 16.5. The van der Waals surface area contributed by atoms with E-state index in [1.54, 1.807) is 63.0 Å². The molecular formula is C28H41BrO8. The molecule has 0 atom stereocenters. The van der Waals surface area contributed by atoms with Gasteiger partial charge in [-0.15, -0.1) is 13.2 Å². The Balaban J connectivity index is 0.000000619. The van der Waals surface area contributed by atoms with Gasteiger partial charge in [0, 0.05) is 16.5 Å². The zero-order valence-electron chi connectivity index (χ0n) is 23.7. The van der Waals surface area contributed by atoms with E-state index in [2.05, 4.69) is 29.1 Å². The number of allylic oxidation sites excluding steroid dienone is 2. The van der Waals surface area contributed by atoms with E-state index in [-0.39, 0.29) is 0 Å². The lowest BCUT2D eigenvalue weighted by atomic mass is 10.0. The molecule has 0 saturated heterocycles. The Morgan fingerprint density at radius 1 is 0.595 bits per heavy atom. The molecule has 0 saturated carbocycles. The molecule has 0 aliphatic carbocycles. The molecule has 9 heteroatoms. The van der Waals surface area contributed by atoms with Crippen molar-refractivity contribution in [1.29, 1.82) is 0 Å². The first-order chi connectivity index (χ1) is 17.8. The van der Waals surface area contributed by atoms with Crippen molar-refractivity contribution in [3.05, 3.63) is 48.1 Å². The number of halogens is 1. The number of aryl methyl sites for hydroxylation is 1. The van der Waals surface area contributed by atoms with Gasteiger partial charge in [-0.3, -0.25) is 0 Å². The molecule has 37 heavy (non-hydrogen) atoms. The van der Waals surface area contributed by atoms with Crippen molar-refractivity contribution in [3.8, 4) is 46.0 Å². The number of alkyl halides is 1. The van der Waals surface area contributed by atoms with Crippen LogP contribution in [0, 0.1) is 13.8 Å². The Labute approximate surface area is 230 Å². The summed E-state index contributed by atoms with van der Waals surface area (Å²) in [6.45, 7) is 11.1. The summed E-state index contributed by atoms with van der Waals surface area (Å²) in [6, 6.07) is 1.85. The van der Waals surface area contributed by atoms with Crippen LogP contribution < -0.4 is 37.9 Å². The summed E-state index contributed by atoms with van der Waals surface area (Å²) < 4.78 is 42.5. The fourth-order valence-electron chi connectivity index (χ4n) is 3.55. The van der Waals surface area contributed by atoms with Crippen LogP contribution in [0.3, 0.4) is 0 Å². The van der Waals surface area contributed by atoms with Gasteiger partial charge in [-0.25, -0.2) is 0 Å². The number of methoxy groups -OCH3 is 8. The minimum atomic E-state index is 0.541. The van der Waals surface area contributed by atoms with Gasteiger partial charge in [-0.05, 0) is 31.9 Å². The Bertz CT molecular complexity index is 1000. The van der Waals surface area contributed by atoms with Crippen molar-refractivity contribution in [2.45, 2.75) is 20.3 Å². The van der Waals surface area contributed by atoms with Crippen LogP contribution in [0.4, 0.5) is 0 Å². The molecule has 2 aromatic carbocycles. The van der Waals surface area contributed by atoms with Crippen molar-refractivity contribution >= 4 is 15.9 Å². The smallest absolute Gasteiger partial charge is 0.207 e. The lowest BCUT2D eigenvalue weighted by Crippen LogP contribution is -2.04. The second-order valence-electron chi connectivity index (χ2n) is 7.17. The van der Waals surface area contributed by atoms with Crippen LogP contribution in [0.15, 0.2) is 31.4 Å². The number of hydrogen-bond acceptors (Lipinski definition) is 8. The van der Waals surface area contributed by atoms with Gasteiger partial charge in [0.25, 0.3) is 0 Å². The highest BCUT2D eigenvalue weighted by Gasteiger charge is 2.24. The standard InChI is InChI=1S/C14H20O4.C11H16O4.C3H5Br/c1-7-8-10-9(2)11(15-3)13(17-5)14(18-6)12(10)16-4;1-7-6-8(12-2)10(14-4)11(15-5)9(7)13-3;1-2-3-4/h7H,1,8H2,2-6H3;6H,1-5H3;2H,1,3H2. The van der Waals surface area contributed by atoms with E-state index in [4.69, 9.17) is 37.9 Å². The van der Waals surface area contributed by atoms with Gasteiger partial charge in [0.1, 0.15) is 0 Å². The maximum atomic E-state index is 5.43. The van der Waals surface area contributed by atoms with Crippen LogP contribution >= 0.6 is 15.9 Å². The minimum Gasteiger partial charge on any atom is -0.493 e. The molecule has 0 fully saturated rings. The van der Waals surface area contributed by atoms with E-state index >= 15 is 0 Å². The summed E-state index contributed by atoms with van der Waals surface area (Å²) in [5, 5.41) is 0.896. The van der Waals surface area contributed by atoms with Crippen LogP contribution in [0.1, 0.15) is 16.7 Å².